The maximum absolute atomic E-state index is 11.1. The van der Waals surface area contributed by atoms with Crippen LogP contribution < -0.4 is 5.32 Å². The largest absolute Gasteiger partial charge is 0.380 e. The first-order chi connectivity index (χ1) is 10.0. The number of rotatable bonds is 6. The van der Waals surface area contributed by atoms with Crippen molar-refractivity contribution in [1.82, 2.24) is 14.8 Å². The van der Waals surface area contributed by atoms with Gasteiger partial charge in [0, 0.05) is 25.4 Å². The van der Waals surface area contributed by atoms with Crippen LogP contribution in [-0.4, -0.2) is 26.2 Å². The van der Waals surface area contributed by atoms with Crippen LogP contribution in [-0.2, 0) is 12.8 Å². The second kappa shape index (κ2) is 6.57. The molecule has 112 valence electrons. The Bertz CT molecular complexity index is 656. The van der Waals surface area contributed by atoms with Gasteiger partial charge in [-0.1, -0.05) is 23.9 Å². The lowest BCUT2D eigenvalue weighted by atomic mass is 10.1. The van der Waals surface area contributed by atoms with Crippen molar-refractivity contribution < 1.29 is 4.92 Å². The minimum absolute atomic E-state index is 0.101. The van der Waals surface area contributed by atoms with Gasteiger partial charge >= 0.3 is 0 Å². The second-order valence-corrected chi connectivity index (χ2v) is 5.42. The number of anilines is 1. The number of nitro benzene ring substituents is 1. The van der Waals surface area contributed by atoms with E-state index in [2.05, 4.69) is 15.5 Å². The van der Waals surface area contributed by atoms with Crippen molar-refractivity contribution in [2.45, 2.75) is 24.8 Å². The average Bonchev–Trinajstić information content (AvgIpc) is 2.77. The smallest absolute Gasteiger partial charge is 0.292 e. The van der Waals surface area contributed by atoms with Gasteiger partial charge in [0.1, 0.15) is 11.5 Å². The van der Waals surface area contributed by atoms with Crippen molar-refractivity contribution in [2.24, 2.45) is 7.05 Å². The van der Waals surface area contributed by atoms with Gasteiger partial charge in [-0.15, -0.1) is 10.2 Å². The highest BCUT2D eigenvalue weighted by Crippen LogP contribution is 2.32. The van der Waals surface area contributed by atoms with Gasteiger partial charge in [-0.25, -0.2) is 0 Å². The van der Waals surface area contributed by atoms with E-state index in [1.165, 1.54) is 17.8 Å². The summed E-state index contributed by atoms with van der Waals surface area (Å²) in [6.45, 7) is 4.43. The molecule has 0 aliphatic carbocycles. The van der Waals surface area contributed by atoms with Gasteiger partial charge in [-0.3, -0.25) is 10.1 Å². The number of thioether (sulfide) groups is 1. The van der Waals surface area contributed by atoms with Crippen molar-refractivity contribution in [2.75, 3.05) is 11.9 Å². The van der Waals surface area contributed by atoms with Gasteiger partial charge in [-0.2, -0.15) is 0 Å². The van der Waals surface area contributed by atoms with E-state index in [-0.39, 0.29) is 10.6 Å². The summed E-state index contributed by atoms with van der Waals surface area (Å²) in [6, 6.07) is 5.11. The van der Waals surface area contributed by atoms with E-state index >= 15 is 0 Å². The predicted molar refractivity (Wildman–Crippen MR) is 82.6 cm³/mol. The zero-order valence-electron chi connectivity index (χ0n) is 12.2. The molecule has 0 saturated heterocycles. The molecule has 0 fully saturated rings. The molecule has 1 aromatic carbocycles. The van der Waals surface area contributed by atoms with Crippen molar-refractivity contribution in [3.05, 3.63) is 39.7 Å². The standard InChI is InChI=1S/C13H17N5O2S/c1-4-14-12-10(6-5-7-11(12)18(19)20)8-21-13-16-15-9(2)17(13)3/h5-7,14H,4,8H2,1-3H3. The molecule has 0 radical (unpaired) electrons. The van der Waals surface area contributed by atoms with Crippen LogP contribution in [0.1, 0.15) is 18.3 Å². The molecule has 2 aromatic rings. The fourth-order valence-electron chi connectivity index (χ4n) is 1.90. The van der Waals surface area contributed by atoms with E-state index in [0.717, 1.165) is 16.5 Å². The van der Waals surface area contributed by atoms with Gasteiger partial charge in [0.25, 0.3) is 5.69 Å². The van der Waals surface area contributed by atoms with Crippen molar-refractivity contribution in [1.29, 1.82) is 0 Å². The Labute approximate surface area is 126 Å². The third-order valence-electron chi connectivity index (χ3n) is 3.09. The summed E-state index contributed by atoms with van der Waals surface area (Å²) < 4.78 is 1.90. The highest BCUT2D eigenvalue weighted by molar-refractivity contribution is 7.98. The maximum atomic E-state index is 11.1. The van der Waals surface area contributed by atoms with Crippen LogP contribution in [0.4, 0.5) is 11.4 Å². The van der Waals surface area contributed by atoms with Crippen LogP contribution in [0, 0.1) is 17.0 Å². The van der Waals surface area contributed by atoms with Gasteiger partial charge in [0.15, 0.2) is 5.16 Å². The molecule has 0 bridgehead atoms. The summed E-state index contributed by atoms with van der Waals surface area (Å²) >= 11 is 1.51. The summed E-state index contributed by atoms with van der Waals surface area (Å²) in [6.07, 6.45) is 0. The molecule has 1 aromatic heterocycles. The molecule has 0 unspecified atom stereocenters. The molecule has 7 nitrogen and oxygen atoms in total. The number of para-hydroxylation sites is 1. The molecule has 0 spiro atoms. The van der Waals surface area contributed by atoms with Gasteiger partial charge in [0.05, 0.1) is 4.92 Å². The third kappa shape index (κ3) is 3.33. The summed E-state index contributed by atoms with van der Waals surface area (Å²) in [5.74, 6) is 1.43. The van der Waals surface area contributed by atoms with Crippen molar-refractivity contribution in [3.63, 3.8) is 0 Å². The van der Waals surface area contributed by atoms with Crippen LogP contribution in [0.15, 0.2) is 23.4 Å². The first kappa shape index (κ1) is 15.3. The fraction of sp³-hybridized carbons (Fsp3) is 0.385. The van der Waals surface area contributed by atoms with E-state index in [1.807, 2.05) is 31.5 Å². The number of nitro groups is 1. The Balaban J connectivity index is 2.25. The molecule has 21 heavy (non-hydrogen) atoms. The molecule has 0 atom stereocenters. The Hall–Kier alpha value is -2.09. The topological polar surface area (TPSA) is 85.9 Å². The number of nitrogens with one attached hydrogen (secondary N) is 1. The summed E-state index contributed by atoms with van der Waals surface area (Å²) in [7, 11) is 1.90. The number of aryl methyl sites for hydroxylation is 1. The SMILES string of the molecule is CCNc1c(CSc2nnc(C)n2C)cccc1[N+](=O)[O-]. The zero-order chi connectivity index (χ0) is 15.4. The van der Waals surface area contributed by atoms with Crippen LogP contribution in [0.5, 0.6) is 0 Å². The van der Waals surface area contributed by atoms with Crippen LogP contribution in [0.25, 0.3) is 0 Å². The van der Waals surface area contributed by atoms with Crippen molar-refractivity contribution >= 4 is 23.1 Å². The molecule has 1 heterocycles. The maximum Gasteiger partial charge on any atom is 0.292 e. The van der Waals surface area contributed by atoms with Gasteiger partial charge in [0.2, 0.25) is 0 Å². The highest BCUT2D eigenvalue weighted by atomic mass is 32.2. The first-order valence-corrected chi connectivity index (χ1v) is 7.52. The summed E-state index contributed by atoms with van der Waals surface area (Å²) in [5, 5.41) is 23.1. The first-order valence-electron chi connectivity index (χ1n) is 6.53. The van der Waals surface area contributed by atoms with E-state index in [0.29, 0.717) is 18.0 Å². The summed E-state index contributed by atoms with van der Waals surface area (Å²) in [4.78, 5) is 10.8. The Morgan fingerprint density at radius 3 is 2.76 bits per heavy atom. The van der Waals surface area contributed by atoms with E-state index in [9.17, 15) is 10.1 Å². The monoisotopic (exact) mass is 307 g/mol. The summed E-state index contributed by atoms with van der Waals surface area (Å²) in [5.41, 5.74) is 1.57. The lowest BCUT2D eigenvalue weighted by molar-refractivity contribution is -0.384. The number of benzene rings is 1. The van der Waals surface area contributed by atoms with Gasteiger partial charge < -0.3 is 9.88 Å². The van der Waals surface area contributed by atoms with E-state index in [1.54, 1.807) is 6.07 Å². The molecule has 0 aliphatic heterocycles. The third-order valence-corrected chi connectivity index (χ3v) is 4.16. The molecule has 0 aliphatic rings. The molecule has 0 amide bonds. The molecule has 2 rings (SSSR count). The predicted octanol–water partition coefficient (Wildman–Crippen LogP) is 2.76. The molecular weight excluding hydrogens is 290 g/mol. The molecular formula is C13H17N5O2S. The zero-order valence-corrected chi connectivity index (χ0v) is 13.0. The van der Waals surface area contributed by atoms with Crippen LogP contribution in [0.2, 0.25) is 0 Å². The van der Waals surface area contributed by atoms with E-state index in [4.69, 9.17) is 0 Å². The van der Waals surface area contributed by atoms with Gasteiger partial charge in [-0.05, 0) is 19.4 Å². The average molecular weight is 307 g/mol. The Morgan fingerprint density at radius 1 is 1.43 bits per heavy atom. The lowest BCUT2D eigenvalue weighted by Crippen LogP contribution is -2.04. The van der Waals surface area contributed by atoms with Crippen LogP contribution >= 0.6 is 11.8 Å². The number of hydrogen-bond donors (Lipinski definition) is 1. The minimum atomic E-state index is -0.362. The lowest BCUT2D eigenvalue weighted by Gasteiger charge is -2.10. The molecule has 1 N–H and O–H groups in total. The number of hydrogen-bond acceptors (Lipinski definition) is 6. The molecule has 8 heteroatoms. The van der Waals surface area contributed by atoms with E-state index < -0.39 is 0 Å². The van der Waals surface area contributed by atoms with Crippen molar-refractivity contribution in [3.8, 4) is 0 Å². The highest BCUT2D eigenvalue weighted by Gasteiger charge is 2.17. The normalized spacial score (nSPS) is 10.6. The second-order valence-electron chi connectivity index (χ2n) is 4.48. The number of aromatic nitrogens is 3. The Kier molecular flexibility index (Phi) is 4.79. The quantitative estimate of drug-likeness (QED) is 0.502. The van der Waals surface area contributed by atoms with Crippen LogP contribution in [0.3, 0.4) is 0 Å². The fourth-order valence-corrected chi connectivity index (χ4v) is 2.85. The molecule has 0 saturated carbocycles. The minimum Gasteiger partial charge on any atom is -0.380 e. The Morgan fingerprint density at radius 2 is 2.19 bits per heavy atom. The number of nitrogens with zero attached hydrogens (tertiary/aromatic N) is 4.